The van der Waals surface area contributed by atoms with Gasteiger partial charge in [0.2, 0.25) is 5.91 Å². The summed E-state index contributed by atoms with van der Waals surface area (Å²) < 4.78 is 39.1. The van der Waals surface area contributed by atoms with E-state index in [0.29, 0.717) is 6.42 Å². The van der Waals surface area contributed by atoms with Crippen LogP contribution in [0.2, 0.25) is 0 Å². The standard InChI is InChI=1S/C16H20F3N3O2.ClH/c1-9-8-20-4-3-14(9)22-15(24)11-5-12(16(17,18)19)7-13(6-11)21-10(2)23;/h5-7,9,14,20H,3-4,8H2,1-2H3,(H,21,23)(H,22,24);1H. The third-order valence-corrected chi connectivity index (χ3v) is 3.94. The fourth-order valence-electron chi connectivity index (χ4n) is 2.68. The molecule has 25 heavy (non-hydrogen) atoms. The van der Waals surface area contributed by atoms with Crippen LogP contribution in [0.25, 0.3) is 0 Å². The quantitative estimate of drug-likeness (QED) is 0.756. The van der Waals surface area contributed by atoms with Gasteiger partial charge < -0.3 is 16.0 Å². The smallest absolute Gasteiger partial charge is 0.349 e. The summed E-state index contributed by atoms with van der Waals surface area (Å²) in [5.74, 6) is -0.901. The Morgan fingerprint density at radius 1 is 1.24 bits per heavy atom. The molecule has 2 unspecified atom stereocenters. The molecule has 1 aromatic carbocycles. The van der Waals surface area contributed by atoms with Gasteiger partial charge in [-0.1, -0.05) is 6.92 Å². The first-order chi connectivity index (χ1) is 11.2. The molecule has 1 aliphatic heterocycles. The normalized spacial score (nSPS) is 20.4. The van der Waals surface area contributed by atoms with Crippen LogP contribution in [-0.2, 0) is 11.0 Å². The maximum Gasteiger partial charge on any atom is 0.416 e. The number of anilines is 1. The predicted molar refractivity (Wildman–Crippen MR) is 90.9 cm³/mol. The molecule has 0 radical (unpaired) electrons. The SMILES string of the molecule is CC(=O)Nc1cc(C(=O)NC2CCNCC2C)cc(C(F)(F)F)c1.Cl. The van der Waals surface area contributed by atoms with Crippen LogP contribution in [0.4, 0.5) is 18.9 Å². The van der Waals surface area contributed by atoms with E-state index in [-0.39, 0.29) is 35.6 Å². The number of nitrogens with one attached hydrogen (secondary N) is 3. The summed E-state index contributed by atoms with van der Waals surface area (Å²) in [6.07, 6.45) is -3.89. The molecule has 140 valence electrons. The van der Waals surface area contributed by atoms with Gasteiger partial charge in [-0.25, -0.2) is 0 Å². The van der Waals surface area contributed by atoms with Gasteiger partial charge >= 0.3 is 6.18 Å². The van der Waals surface area contributed by atoms with Crippen LogP contribution >= 0.6 is 12.4 Å². The van der Waals surface area contributed by atoms with Crippen LogP contribution in [0.3, 0.4) is 0 Å². The molecule has 9 heteroatoms. The van der Waals surface area contributed by atoms with Crippen molar-refractivity contribution in [3.8, 4) is 0 Å². The number of benzene rings is 1. The van der Waals surface area contributed by atoms with E-state index in [1.807, 2.05) is 6.92 Å². The lowest BCUT2D eigenvalue weighted by atomic mass is 9.95. The molecule has 2 rings (SSSR count). The third-order valence-electron chi connectivity index (χ3n) is 3.94. The minimum absolute atomic E-state index is 0. The largest absolute Gasteiger partial charge is 0.416 e. The highest BCUT2D eigenvalue weighted by Gasteiger charge is 2.32. The van der Waals surface area contributed by atoms with Gasteiger partial charge in [-0.2, -0.15) is 13.2 Å². The first-order valence-electron chi connectivity index (χ1n) is 7.68. The van der Waals surface area contributed by atoms with Gasteiger partial charge in [-0.05, 0) is 43.6 Å². The van der Waals surface area contributed by atoms with E-state index in [4.69, 9.17) is 0 Å². The van der Waals surface area contributed by atoms with Crippen LogP contribution < -0.4 is 16.0 Å². The zero-order valence-corrected chi connectivity index (χ0v) is 14.7. The molecule has 1 aromatic rings. The molecular formula is C16H21ClF3N3O2. The summed E-state index contributed by atoms with van der Waals surface area (Å²) in [5, 5.41) is 8.27. The molecule has 0 saturated carbocycles. The van der Waals surface area contributed by atoms with Gasteiger partial charge in [0.15, 0.2) is 0 Å². The van der Waals surface area contributed by atoms with Crippen molar-refractivity contribution >= 4 is 29.9 Å². The van der Waals surface area contributed by atoms with Crippen molar-refractivity contribution in [1.82, 2.24) is 10.6 Å². The van der Waals surface area contributed by atoms with E-state index in [2.05, 4.69) is 16.0 Å². The van der Waals surface area contributed by atoms with Crippen molar-refractivity contribution in [2.75, 3.05) is 18.4 Å². The summed E-state index contributed by atoms with van der Waals surface area (Å²) in [7, 11) is 0. The van der Waals surface area contributed by atoms with E-state index in [1.54, 1.807) is 0 Å². The molecule has 1 fully saturated rings. The molecule has 1 heterocycles. The monoisotopic (exact) mass is 379 g/mol. The minimum atomic E-state index is -4.61. The number of halogens is 4. The second kappa shape index (κ2) is 8.53. The van der Waals surface area contributed by atoms with E-state index < -0.39 is 23.6 Å². The van der Waals surface area contributed by atoms with Crippen molar-refractivity contribution in [3.63, 3.8) is 0 Å². The molecule has 2 atom stereocenters. The van der Waals surface area contributed by atoms with Crippen LogP contribution in [0.5, 0.6) is 0 Å². The highest BCUT2D eigenvalue weighted by Crippen LogP contribution is 2.32. The second-order valence-electron chi connectivity index (χ2n) is 6.03. The van der Waals surface area contributed by atoms with E-state index in [1.165, 1.54) is 13.0 Å². The van der Waals surface area contributed by atoms with Gasteiger partial charge in [0.1, 0.15) is 0 Å². The Morgan fingerprint density at radius 2 is 1.92 bits per heavy atom. The maximum absolute atomic E-state index is 13.0. The molecule has 5 nitrogen and oxygen atoms in total. The Labute approximate surface area is 150 Å². The van der Waals surface area contributed by atoms with Crippen LogP contribution in [0, 0.1) is 5.92 Å². The average Bonchev–Trinajstić information content (AvgIpc) is 2.47. The molecule has 3 N–H and O–H groups in total. The first-order valence-corrected chi connectivity index (χ1v) is 7.68. The fourth-order valence-corrected chi connectivity index (χ4v) is 2.68. The van der Waals surface area contributed by atoms with E-state index in [0.717, 1.165) is 25.2 Å². The summed E-state index contributed by atoms with van der Waals surface area (Å²) >= 11 is 0. The Morgan fingerprint density at radius 3 is 2.48 bits per heavy atom. The number of hydrogen-bond acceptors (Lipinski definition) is 3. The Bertz CT molecular complexity index is 638. The Balaban J connectivity index is 0.00000312. The number of amides is 2. The highest BCUT2D eigenvalue weighted by atomic mass is 35.5. The molecule has 1 saturated heterocycles. The summed E-state index contributed by atoms with van der Waals surface area (Å²) in [6.45, 7) is 4.64. The summed E-state index contributed by atoms with van der Waals surface area (Å²) in [6, 6.07) is 2.76. The topological polar surface area (TPSA) is 70.2 Å². The first kappa shape index (κ1) is 21.2. The molecule has 0 spiro atoms. The second-order valence-corrected chi connectivity index (χ2v) is 6.03. The number of rotatable bonds is 3. The Hall–Kier alpha value is -1.80. The number of hydrogen-bond donors (Lipinski definition) is 3. The van der Waals surface area contributed by atoms with Crippen molar-refractivity contribution in [2.24, 2.45) is 5.92 Å². The van der Waals surface area contributed by atoms with Gasteiger partial charge in [0, 0.05) is 24.2 Å². The number of carbonyl (C=O) groups is 2. The molecule has 0 aliphatic carbocycles. The van der Waals surface area contributed by atoms with Crippen molar-refractivity contribution < 1.29 is 22.8 Å². The predicted octanol–water partition coefficient (Wildman–Crippen LogP) is 2.81. The van der Waals surface area contributed by atoms with Gasteiger partial charge in [0.25, 0.3) is 5.91 Å². The van der Waals surface area contributed by atoms with Crippen molar-refractivity contribution in [1.29, 1.82) is 0 Å². The minimum Gasteiger partial charge on any atom is -0.349 e. The van der Waals surface area contributed by atoms with E-state index >= 15 is 0 Å². The zero-order valence-electron chi connectivity index (χ0n) is 13.9. The van der Waals surface area contributed by atoms with Crippen molar-refractivity contribution in [3.05, 3.63) is 29.3 Å². The lowest BCUT2D eigenvalue weighted by Gasteiger charge is -2.30. The zero-order chi connectivity index (χ0) is 17.9. The lowest BCUT2D eigenvalue weighted by molar-refractivity contribution is -0.137. The van der Waals surface area contributed by atoms with Gasteiger partial charge in [-0.3, -0.25) is 9.59 Å². The fraction of sp³-hybridized carbons (Fsp3) is 0.500. The average molecular weight is 380 g/mol. The summed E-state index contributed by atoms with van der Waals surface area (Å²) in [4.78, 5) is 23.5. The van der Waals surface area contributed by atoms with Crippen molar-refractivity contribution in [2.45, 2.75) is 32.5 Å². The molecule has 0 aromatic heterocycles. The number of piperidine rings is 1. The van der Waals surface area contributed by atoms with E-state index in [9.17, 15) is 22.8 Å². The molecular weight excluding hydrogens is 359 g/mol. The van der Waals surface area contributed by atoms with Crippen LogP contribution in [0.15, 0.2) is 18.2 Å². The number of carbonyl (C=O) groups excluding carboxylic acids is 2. The number of alkyl halides is 3. The Kier molecular flexibility index (Phi) is 7.25. The third kappa shape index (κ3) is 5.89. The van der Waals surface area contributed by atoms with Gasteiger partial charge in [0.05, 0.1) is 5.56 Å². The highest BCUT2D eigenvalue weighted by molar-refractivity contribution is 5.97. The lowest BCUT2D eigenvalue weighted by Crippen LogP contribution is -2.48. The molecule has 1 aliphatic rings. The van der Waals surface area contributed by atoms with Crippen LogP contribution in [0.1, 0.15) is 36.2 Å². The van der Waals surface area contributed by atoms with Crippen LogP contribution in [-0.4, -0.2) is 30.9 Å². The summed E-state index contributed by atoms with van der Waals surface area (Å²) in [5.41, 5.74) is -1.16. The maximum atomic E-state index is 13.0. The molecule has 0 bridgehead atoms. The van der Waals surface area contributed by atoms with Gasteiger partial charge in [-0.15, -0.1) is 12.4 Å². The molecule has 2 amide bonds.